The molecule has 1 unspecified atom stereocenters. The molecule has 0 bridgehead atoms. The van der Waals surface area contributed by atoms with Gasteiger partial charge in [-0.2, -0.15) is 5.26 Å². The molecule has 1 aromatic rings. The molecule has 0 aliphatic rings. The van der Waals surface area contributed by atoms with E-state index in [0.29, 0.717) is 0 Å². The van der Waals surface area contributed by atoms with Crippen LogP contribution < -0.4 is 5.32 Å². The van der Waals surface area contributed by atoms with Gasteiger partial charge in [0.25, 0.3) is 0 Å². The molecule has 1 aromatic carbocycles. The number of hydrogen-bond acceptors (Lipinski definition) is 2. The van der Waals surface area contributed by atoms with E-state index in [-0.39, 0.29) is 6.04 Å². The van der Waals surface area contributed by atoms with Crippen LogP contribution in [-0.4, -0.2) is 6.04 Å². The van der Waals surface area contributed by atoms with Gasteiger partial charge >= 0.3 is 0 Å². The highest BCUT2D eigenvalue weighted by Crippen LogP contribution is 2.20. The molecule has 2 nitrogen and oxygen atoms in total. The van der Waals surface area contributed by atoms with Crippen LogP contribution in [0.1, 0.15) is 12.5 Å². The lowest BCUT2D eigenvalue weighted by molar-refractivity contribution is 1.01. The average Bonchev–Trinajstić information content (AvgIpc) is 2.09. The number of benzene rings is 1. The van der Waals surface area contributed by atoms with Crippen molar-refractivity contribution in [2.75, 3.05) is 5.32 Å². The van der Waals surface area contributed by atoms with Gasteiger partial charge in [0.1, 0.15) is 6.04 Å². The largest absolute Gasteiger partial charge is 0.370 e. The fraction of sp³-hybridized carbons (Fsp3) is 0.300. The molecule has 0 amide bonds. The maximum Gasteiger partial charge on any atom is 0.111 e. The fourth-order valence-corrected chi connectivity index (χ4v) is 1.53. The van der Waals surface area contributed by atoms with Gasteiger partial charge in [-0.25, -0.2) is 0 Å². The van der Waals surface area contributed by atoms with Crippen molar-refractivity contribution >= 4 is 21.6 Å². The van der Waals surface area contributed by atoms with E-state index in [1.54, 1.807) is 0 Å². The van der Waals surface area contributed by atoms with Gasteiger partial charge in [-0.1, -0.05) is 15.9 Å². The van der Waals surface area contributed by atoms with Gasteiger partial charge in [-0.3, -0.25) is 0 Å². The Hall–Kier alpha value is -1.01. The van der Waals surface area contributed by atoms with E-state index in [9.17, 15) is 0 Å². The summed E-state index contributed by atoms with van der Waals surface area (Å²) in [6.45, 7) is 3.85. The zero-order valence-electron chi connectivity index (χ0n) is 7.63. The Morgan fingerprint density at radius 3 is 2.77 bits per heavy atom. The van der Waals surface area contributed by atoms with Crippen LogP contribution in [0, 0.1) is 18.3 Å². The number of nitrogens with zero attached hydrogens (tertiary/aromatic N) is 1. The van der Waals surface area contributed by atoms with E-state index in [4.69, 9.17) is 5.26 Å². The van der Waals surface area contributed by atoms with Crippen molar-refractivity contribution in [2.45, 2.75) is 19.9 Å². The topological polar surface area (TPSA) is 35.8 Å². The minimum Gasteiger partial charge on any atom is -0.370 e. The molecule has 0 saturated carbocycles. The molecule has 0 radical (unpaired) electrons. The lowest BCUT2D eigenvalue weighted by Crippen LogP contribution is -2.12. The lowest BCUT2D eigenvalue weighted by Gasteiger charge is -2.10. The number of halogens is 1. The molecule has 0 aromatic heterocycles. The molecule has 0 heterocycles. The Morgan fingerprint density at radius 2 is 2.23 bits per heavy atom. The normalized spacial score (nSPS) is 11.8. The minimum atomic E-state index is -0.153. The number of nitriles is 1. The van der Waals surface area contributed by atoms with E-state index in [0.717, 1.165) is 15.7 Å². The Labute approximate surface area is 86.7 Å². The molecular formula is C10H11BrN2. The maximum absolute atomic E-state index is 8.62. The molecule has 0 spiro atoms. The second kappa shape index (κ2) is 4.29. The van der Waals surface area contributed by atoms with E-state index in [2.05, 4.69) is 27.3 Å². The smallest absolute Gasteiger partial charge is 0.111 e. The lowest BCUT2D eigenvalue weighted by atomic mass is 10.2. The highest BCUT2D eigenvalue weighted by Gasteiger charge is 2.02. The van der Waals surface area contributed by atoms with Gasteiger partial charge in [0, 0.05) is 10.2 Å². The molecule has 1 rings (SSSR count). The average molecular weight is 239 g/mol. The Bertz CT molecular complexity index is 341. The third kappa shape index (κ3) is 2.74. The van der Waals surface area contributed by atoms with Crippen LogP contribution in [0.25, 0.3) is 0 Å². The summed E-state index contributed by atoms with van der Waals surface area (Å²) >= 11 is 3.39. The summed E-state index contributed by atoms with van der Waals surface area (Å²) in [6, 6.07) is 7.92. The minimum absolute atomic E-state index is 0.153. The molecule has 1 N–H and O–H groups in total. The maximum atomic E-state index is 8.62. The number of aryl methyl sites for hydroxylation is 1. The molecule has 0 saturated heterocycles. The van der Waals surface area contributed by atoms with Crippen LogP contribution >= 0.6 is 15.9 Å². The summed E-state index contributed by atoms with van der Waals surface area (Å²) in [5.74, 6) is 0. The quantitative estimate of drug-likeness (QED) is 0.860. The second-order valence-corrected chi connectivity index (χ2v) is 3.87. The van der Waals surface area contributed by atoms with Gasteiger partial charge in [0.2, 0.25) is 0 Å². The van der Waals surface area contributed by atoms with Crippen molar-refractivity contribution in [3.05, 3.63) is 28.2 Å². The molecule has 68 valence electrons. The van der Waals surface area contributed by atoms with Crippen molar-refractivity contribution in [1.29, 1.82) is 5.26 Å². The van der Waals surface area contributed by atoms with Crippen LogP contribution in [0.2, 0.25) is 0 Å². The molecule has 0 fully saturated rings. The first-order valence-electron chi connectivity index (χ1n) is 4.06. The summed E-state index contributed by atoms with van der Waals surface area (Å²) in [7, 11) is 0. The zero-order valence-corrected chi connectivity index (χ0v) is 9.22. The zero-order chi connectivity index (χ0) is 9.84. The third-order valence-corrected chi connectivity index (χ3v) is 2.25. The standard InChI is InChI=1S/C10H11BrN2/c1-7-5-9(11)3-4-10(7)13-8(2)6-12/h3-5,8,13H,1-2H3. The summed E-state index contributed by atoms with van der Waals surface area (Å²) in [5, 5.41) is 11.7. The molecular weight excluding hydrogens is 228 g/mol. The van der Waals surface area contributed by atoms with Crippen LogP contribution in [0.4, 0.5) is 5.69 Å². The second-order valence-electron chi connectivity index (χ2n) is 2.95. The number of anilines is 1. The van der Waals surface area contributed by atoms with Crippen LogP contribution in [0.3, 0.4) is 0 Å². The Kier molecular flexibility index (Phi) is 3.32. The number of nitrogens with one attached hydrogen (secondary N) is 1. The van der Waals surface area contributed by atoms with E-state index in [1.807, 2.05) is 32.0 Å². The summed E-state index contributed by atoms with van der Waals surface area (Å²) in [6.07, 6.45) is 0. The fourth-order valence-electron chi connectivity index (χ4n) is 1.05. The number of rotatable bonds is 2. The van der Waals surface area contributed by atoms with E-state index in [1.165, 1.54) is 0 Å². The van der Waals surface area contributed by atoms with Gasteiger partial charge < -0.3 is 5.32 Å². The van der Waals surface area contributed by atoms with E-state index >= 15 is 0 Å². The first-order chi connectivity index (χ1) is 6.13. The highest BCUT2D eigenvalue weighted by atomic mass is 79.9. The van der Waals surface area contributed by atoms with Crippen molar-refractivity contribution < 1.29 is 0 Å². The van der Waals surface area contributed by atoms with Gasteiger partial charge in [0.05, 0.1) is 6.07 Å². The predicted molar refractivity (Wildman–Crippen MR) is 57.6 cm³/mol. The number of hydrogen-bond donors (Lipinski definition) is 1. The molecule has 3 heteroatoms. The summed E-state index contributed by atoms with van der Waals surface area (Å²) in [4.78, 5) is 0. The summed E-state index contributed by atoms with van der Waals surface area (Å²) < 4.78 is 1.06. The molecule has 0 aliphatic heterocycles. The van der Waals surface area contributed by atoms with Gasteiger partial charge in [0.15, 0.2) is 0 Å². The van der Waals surface area contributed by atoms with E-state index < -0.39 is 0 Å². The molecule has 13 heavy (non-hydrogen) atoms. The van der Waals surface area contributed by atoms with Gasteiger partial charge in [-0.05, 0) is 37.6 Å². The van der Waals surface area contributed by atoms with Crippen LogP contribution in [-0.2, 0) is 0 Å². The molecule has 0 aliphatic carbocycles. The first kappa shape index (κ1) is 10.1. The highest BCUT2D eigenvalue weighted by molar-refractivity contribution is 9.10. The Balaban J connectivity index is 2.85. The summed E-state index contributed by atoms with van der Waals surface area (Å²) in [5.41, 5.74) is 2.15. The SMILES string of the molecule is Cc1cc(Br)ccc1NC(C)C#N. The Morgan fingerprint density at radius 1 is 1.54 bits per heavy atom. The van der Waals surface area contributed by atoms with Crippen molar-refractivity contribution in [3.63, 3.8) is 0 Å². The van der Waals surface area contributed by atoms with Crippen molar-refractivity contribution in [1.82, 2.24) is 0 Å². The molecule has 1 atom stereocenters. The van der Waals surface area contributed by atoms with Crippen molar-refractivity contribution in [3.8, 4) is 6.07 Å². The monoisotopic (exact) mass is 238 g/mol. The third-order valence-electron chi connectivity index (χ3n) is 1.75. The van der Waals surface area contributed by atoms with Gasteiger partial charge in [-0.15, -0.1) is 0 Å². The first-order valence-corrected chi connectivity index (χ1v) is 4.85. The van der Waals surface area contributed by atoms with Crippen LogP contribution in [0.15, 0.2) is 22.7 Å². The predicted octanol–water partition coefficient (Wildman–Crippen LogP) is 3.08. The van der Waals surface area contributed by atoms with Crippen LogP contribution in [0.5, 0.6) is 0 Å². The van der Waals surface area contributed by atoms with Crippen molar-refractivity contribution in [2.24, 2.45) is 0 Å².